The predicted molar refractivity (Wildman–Crippen MR) is 101 cm³/mol. The van der Waals surface area contributed by atoms with Gasteiger partial charge >= 0.3 is 5.97 Å². The molecule has 1 aliphatic rings. The molecule has 0 unspecified atom stereocenters. The summed E-state index contributed by atoms with van der Waals surface area (Å²) in [7, 11) is 0. The Hall–Kier alpha value is -1.75. The number of hydrogen-bond acceptors (Lipinski definition) is 3. The number of aliphatic carboxylic acids is 1. The summed E-state index contributed by atoms with van der Waals surface area (Å²) in [6.45, 7) is 2.30. The van der Waals surface area contributed by atoms with E-state index in [9.17, 15) is 4.79 Å². The molecule has 3 rings (SSSR count). The van der Waals surface area contributed by atoms with Crippen molar-refractivity contribution in [1.82, 2.24) is 0 Å². The third-order valence-corrected chi connectivity index (χ3v) is 5.01. The van der Waals surface area contributed by atoms with Gasteiger partial charge in [0.15, 0.2) is 0 Å². The molecule has 1 aliphatic carbocycles. The lowest BCUT2D eigenvalue weighted by molar-refractivity contribution is -0.140. The molecule has 2 aromatic carbocycles. The highest BCUT2D eigenvalue weighted by atomic mass is 35.5. The molecule has 2 atom stereocenters. The Bertz CT molecular complexity index is 789. The summed E-state index contributed by atoms with van der Waals surface area (Å²) in [5.74, 6) is -0.173. The Morgan fingerprint density at radius 2 is 2.00 bits per heavy atom. The third-order valence-electron chi connectivity index (χ3n) is 4.46. The van der Waals surface area contributed by atoms with Crippen LogP contribution in [0.4, 0.5) is 0 Å². The van der Waals surface area contributed by atoms with E-state index in [4.69, 9.17) is 37.8 Å². The van der Waals surface area contributed by atoms with Crippen LogP contribution in [0.1, 0.15) is 48.7 Å². The predicted octanol–water partition coefficient (Wildman–Crippen LogP) is 5.61. The lowest BCUT2D eigenvalue weighted by Crippen LogP contribution is -2.10. The molecule has 138 valence electrons. The number of carboxylic acids is 1. The number of hydrogen-bond donors (Lipinski definition) is 1. The normalized spacial score (nSPS) is 17.0. The van der Waals surface area contributed by atoms with Gasteiger partial charge in [0.2, 0.25) is 0 Å². The fourth-order valence-electron chi connectivity index (χ4n) is 3.29. The molecule has 2 aromatic rings. The van der Waals surface area contributed by atoms with Gasteiger partial charge < -0.3 is 14.6 Å². The first-order chi connectivity index (χ1) is 12.5. The summed E-state index contributed by atoms with van der Waals surface area (Å²) < 4.78 is 11.6. The first kappa shape index (κ1) is 19.0. The van der Waals surface area contributed by atoms with Crippen LogP contribution in [-0.2, 0) is 16.0 Å². The summed E-state index contributed by atoms with van der Waals surface area (Å²) in [6.07, 6.45) is 1.09. The average molecular weight is 395 g/mol. The highest BCUT2D eigenvalue weighted by Crippen LogP contribution is 2.40. The van der Waals surface area contributed by atoms with E-state index in [0.29, 0.717) is 22.4 Å². The minimum absolute atomic E-state index is 0.0684. The van der Waals surface area contributed by atoms with Crippen LogP contribution in [0.15, 0.2) is 36.4 Å². The number of fused-ring (bicyclic) bond motifs is 1. The van der Waals surface area contributed by atoms with Crippen LogP contribution < -0.4 is 4.74 Å². The van der Waals surface area contributed by atoms with Gasteiger partial charge in [-0.05, 0) is 60.7 Å². The quantitative estimate of drug-likeness (QED) is 0.662. The van der Waals surface area contributed by atoms with Crippen LogP contribution in [0.2, 0.25) is 10.0 Å². The van der Waals surface area contributed by atoms with E-state index < -0.39 is 12.1 Å². The van der Waals surface area contributed by atoms with E-state index in [-0.39, 0.29) is 12.5 Å². The molecule has 0 spiro atoms. The molecule has 0 aliphatic heterocycles. The van der Waals surface area contributed by atoms with Crippen molar-refractivity contribution in [3.63, 3.8) is 0 Å². The van der Waals surface area contributed by atoms with E-state index in [1.807, 2.05) is 37.3 Å². The molecule has 0 amide bonds. The fourth-order valence-corrected chi connectivity index (χ4v) is 3.89. The maximum absolute atomic E-state index is 11.0. The molecule has 0 heterocycles. The maximum Gasteiger partial charge on any atom is 0.306 e. The monoisotopic (exact) mass is 394 g/mol. The summed E-state index contributed by atoms with van der Waals surface area (Å²) >= 11 is 12.4. The van der Waals surface area contributed by atoms with E-state index in [1.165, 1.54) is 0 Å². The molecule has 1 N–H and O–H groups in total. The first-order valence-electron chi connectivity index (χ1n) is 8.55. The van der Waals surface area contributed by atoms with Crippen molar-refractivity contribution in [2.24, 2.45) is 0 Å². The molecule has 4 nitrogen and oxygen atoms in total. The van der Waals surface area contributed by atoms with Gasteiger partial charge in [-0.3, -0.25) is 4.79 Å². The molecule has 0 bridgehead atoms. The van der Waals surface area contributed by atoms with Crippen molar-refractivity contribution in [2.75, 3.05) is 6.61 Å². The van der Waals surface area contributed by atoms with Gasteiger partial charge in [-0.15, -0.1) is 0 Å². The van der Waals surface area contributed by atoms with Crippen molar-refractivity contribution < 1.29 is 19.4 Å². The smallest absolute Gasteiger partial charge is 0.306 e. The topological polar surface area (TPSA) is 55.8 Å². The Kier molecular flexibility index (Phi) is 6.07. The van der Waals surface area contributed by atoms with E-state index >= 15 is 0 Å². The van der Waals surface area contributed by atoms with Crippen LogP contribution in [0, 0.1) is 0 Å². The zero-order chi connectivity index (χ0) is 18.7. The standard InChI is InChI=1S/C20H20Cl2O4/c1-2-25-19(11-20(23)24)12-3-5-14(6-4-12)26-18-8-7-15-16(18)9-13(21)10-17(15)22/h3-6,9-10,18-19H,2,7-8,11H2,1H3,(H,23,24)/t18-,19-/m0/s1. The van der Waals surface area contributed by atoms with Crippen LogP contribution in [0.25, 0.3) is 0 Å². The summed E-state index contributed by atoms with van der Waals surface area (Å²) in [5.41, 5.74) is 2.94. The molecule has 0 saturated heterocycles. The van der Waals surface area contributed by atoms with Crippen LogP contribution >= 0.6 is 23.2 Å². The van der Waals surface area contributed by atoms with Gasteiger partial charge in [0.25, 0.3) is 0 Å². The number of carbonyl (C=O) groups is 1. The molecule has 0 saturated carbocycles. The lowest BCUT2D eigenvalue weighted by atomic mass is 10.1. The average Bonchev–Trinajstić information content (AvgIpc) is 2.98. The second kappa shape index (κ2) is 8.30. The molecule has 6 heteroatoms. The molecule has 26 heavy (non-hydrogen) atoms. The summed E-state index contributed by atoms with van der Waals surface area (Å²) in [4.78, 5) is 11.0. The van der Waals surface area contributed by atoms with Gasteiger partial charge in [0.05, 0.1) is 12.5 Å². The van der Waals surface area contributed by atoms with Gasteiger partial charge in [-0.2, -0.15) is 0 Å². The highest BCUT2D eigenvalue weighted by Gasteiger charge is 2.27. The number of halogens is 2. The molecule has 0 fully saturated rings. The third kappa shape index (κ3) is 4.32. The van der Waals surface area contributed by atoms with Crippen molar-refractivity contribution in [3.8, 4) is 5.75 Å². The molecular weight excluding hydrogens is 375 g/mol. The van der Waals surface area contributed by atoms with Crippen molar-refractivity contribution in [3.05, 3.63) is 63.1 Å². The largest absolute Gasteiger partial charge is 0.486 e. The lowest BCUT2D eigenvalue weighted by Gasteiger charge is -2.18. The SMILES string of the molecule is CCO[C@@H](CC(=O)O)c1ccc(O[C@H]2CCc3c(Cl)cc(Cl)cc32)cc1. The zero-order valence-corrected chi connectivity index (χ0v) is 15.9. The summed E-state index contributed by atoms with van der Waals surface area (Å²) in [5, 5.41) is 10.3. The fraction of sp³-hybridized carbons (Fsp3) is 0.350. The Morgan fingerprint density at radius 3 is 2.65 bits per heavy atom. The minimum Gasteiger partial charge on any atom is -0.486 e. The van der Waals surface area contributed by atoms with E-state index in [2.05, 4.69) is 0 Å². The zero-order valence-electron chi connectivity index (χ0n) is 14.4. The van der Waals surface area contributed by atoms with Crippen LogP contribution in [0.3, 0.4) is 0 Å². The minimum atomic E-state index is -0.889. The van der Waals surface area contributed by atoms with E-state index in [1.54, 1.807) is 6.07 Å². The molecular formula is C20H20Cl2O4. The first-order valence-corrected chi connectivity index (χ1v) is 9.31. The molecule has 0 radical (unpaired) electrons. The van der Waals surface area contributed by atoms with Crippen LogP contribution in [-0.4, -0.2) is 17.7 Å². The Morgan fingerprint density at radius 1 is 1.27 bits per heavy atom. The van der Waals surface area contributed by atoms with Gasteiger partial charge in [0.1, 0.15) is 11.9 Å². The number of benzene rings is 2. The van der Waals surface area contributed by atoms with Gasteiger partial charge in [-0.25, -0.2) is 0 Å². The number of ether oxygens (including phenoxy) is 2. The second-order valence-electron chi connectivity index (χ2n) is 6.21. The van der Waals surface area contributed by atoms with Crippen LogP contribution in [0.5, 0.6) is 5.75 Å². The van der Waals surface area contributed by atoms with Gasteiger partial charge in [0, 0.05) is 16.7 Å². The highest BCUT2D eigenvalue weighted by molar-refractivity contribution is 6.35. The maximum atomic E-state index is 11.0. The Labute approximate surface area is 162 Å². The van der Waals surface area contributed by atoms with E-state index in [0.717, 1.165) is 29.5 Å². The van der Waals surface area contributed by atoms with Crippen molar-refractivity contribution in [1.29, 1.82) is 0 Å². The number of rotatable bonds is 7. The molecule has 0 aromatic heterocycles. The second-order valence-corrected chi connectivity index (χ2v) is 7.06. The van der Waals surface area contributed by atoms with Crippen molar-refractivity contribution >= 4 is 29.2 Å². The van der Waals surface area contributed by atoms with Crippen molar-refractivity contribution in [2.45, 2.75) is 38.4 Å². The number of carboxylic acid groups (broad SMARTS) is 1. The Balaban J connectivity index is 1.74. The van der Waals surface area contributed by atoms with Gasteiger partial charge in [-0.1, -0.05) is 35.3 Å². The summed E-state index contributed by atoms with van der Waals surface area (Å²) in [6, 6.07) is 11.0.